The van der Waals surface area contributed by atoms with Gasteiger partial charge < -0.3 is 15.4 Å². The predicted octanol–water partition coefficient (Wildman–Crippen LogP) is -0.241. The number of methoxy groups -OCH3 is 1. The molecular weight excluding hydrogens is 228 g/mol. The number of rotatable bonds is 4. The number of hydrogen-bond acceptors (Lipinski definition) is 5. The topological polar surface area (TPSA) is 67.4 Å². The minimum Gasteiger partial charge on any atom is -0.467 e. The zero-order valence-electron chi connectivity index (χ0n) is 9.62. The van der Waals surface area contributed by atoms with Crippen LogP contribution in [0, 0.1) is 0 Å². The molecule has 2 N–H and O–H groups in total. The van der Waals surface area contributed by atoms with Gasteiger partial charge in [0.05, 0.1) is 7.11 Å². The molecule has 5 nitrogen and oxygen atoms in total. The van der Waals surface area contributed by atoms with Gasteiger partial charge in [0.2, 0.25) is 5.91 Å². The normalized spacial score (nSPS) is 22.2. The molecule has 1 saturated heterocycles. The van der Waals surface area contributed by atoms with E-state index in [1.54, 1.807) is 6.92 Å². The van der Waals surface area contributed by atoms with Crippen LogP contribution in [0.1, 0.15) is 13.3 Å². The van der Waals surface area contributed by atoms with Crippen molar-refractivity contribution < 1.29 is 14.3 Å². The van der Waals surface area contributed by atoms with Gasteiger partial charge in [0, 0.05) is 30.5 Å². The molecular formula is C10H18N2O3S. The molecule has 0 aliphatic carbocycles. The van der Waals surface area contributed by atoms with Crippen molar-refractivity contribution in [3.63, 3.8) is 0 Å². The molecule has 0 spiro atoms. The number of esters is 1. The minimum absolute atomic E-state index is 0.113. The summed E-state index contributed by atoms with van der Waals surface area (Å²) in [6.45, 7) is 2.56. The maximum absolute atomic E-state index is 11.6. The Bertz CT molecular complexity index is 254. The SMILES string of the molecule is COC(=O)C(C)NC(=O)CC1CSCCN1. The van der Waals surface area contributed by atoms with Gasteiger partial charge in [-0.3, -0.25) is 4.79 Å². The zero-order valence-corrected chi connectivity index (χ0v) is 10.4. The summed E-state index contributed by atoms with van der Waals surface area (Å²) in [5, 5.41) is 5.88. The lowest BCUT2D eigenvalue weighted by atomic mass is 10.2. The van der Waals surface area contributed by atoms with Crippen LogP contribution in [-0.2, 0) is 14.3 Å². The van der Waals surface area contributed by atoms with Crippen LogP contribution in [0.25, 0.3) is 0 Å². The van der Waals surface area contributed by atoms with E-state index < -0.39 is 12.0 Å². The van der Waals surface area contributed by atoms with E-state index in [9.17, 15) is 9.59 Å². The fourth-order valence-corrected chi connectivity index (χ4v) is 2.46. The Morgan fingerprint density at radius 3 is 2.94 bits per heavy atom. The van der Waals surface area contributed by atoms with Crippen molar-refractivity contribution in [1.82, 2.24) is 10.6 Å². The molecule has 0 radical (unpaired) electrons. The number of thioether (sulfide) groups is 1. The van der Waals surface area contributed by atoms with E-state index >= 15 is 0 Å². The molecule has 0 aromatic heterocycles. The van der Waals surface area contributed by atoms with Crippen molar-refractivity contribution in [2.45, 2.75) is 25.4 Å². The van der Waals surface area contributed by atoms with Crippen LogP contribution in [0.5, 0.6) is 0 Å². The molecule has 6 heteroatoms. The first kappa shape index (κ1) is 13.3. The summed E-state index contributed by atoms with van der Waals surface area (Å²) < 4.78 is 4.53. The second-order valence-corrected chi connectivity index (χ2v) is 4.89. The molecule has 1 aliphatic rings. The van der Waals surface area contributed by atoms with Crippen LogP contribution in [-0.4, -0.2) is 49.1 Å². The van der Waals surface area contributed by atoms with Crippen LogP contribution in [0.3, 0.4) is 0 Å². The van der Waals surface area contributed by atoms with Crippen molar-refractivity contribution >= 4 is 23.6 Å². The quantitative estimate of drug-likeness (QED) is 0.670. The Labute approximate surface area is 99.7 Å². The van der Waals surface area contributed by atoms with E-state index in [4.69, 9.17) is 0 Å². The molecule has 0 aromatic rings. The maximum atomic E-state index is 11.6. The molecule has 0 saturated carbocycles. The van der Waals surface area contributed by atoms with Crippen molar-refractivity contribution in [3.8, 4) is 0 Å². The highest BCUT2D eigenvalue weighted by Crippen LogP contribution is 2.10. The summed E-state index contributed by atoms with van der Waals surface area (Å²) in [4.78, 5) is 22.7. The van der Waals surface area contributed by atoms with E-state index in [2.05, 4.69) is 15.4 Å². The summed E-state index contributed by atoms with van der Waals surface area (Å²) in [6.07, 6.45) is 0.411. The van der Waals surface area contributed by atoms with Crippen LogP contribution < -0.4 is 10.6 Å². The average Bonchev–Trinajstić information content (AvgIpc) is 2.29. The minimum atomic E-state index is -0.575. The van der Waals surface area contributed by atoms with E-state index in [1.165, 1.54) is 7.11 Å². The van der Waals surface area contributed by atoms with Gasteiger partial charge in [0.15, 0.2) is 0 Å². The Morgan fingerprint density at radius 1 is 1.62 bits per heavy atom. The number of nitrogens with one attached hydrogen (secondary N) is 2. The number of hydrogen-bond donors (Lipinski definition) is 2. The van der Waals surface area contributed by atoms with Crippen molar-refractivity contribution in [2.24, 2.45) is 0 Å². The molecule has 1 heterocycles. The van der Waals surface area contributed by atoms with Gasteiger partial charge in [-0.15, -0.1) is 0 Å². The summed E-state index contributed by atoms with van der Waals surface area (Å²) in [7, 11) is 1.31. The summed E-state index contributed by atoms with van der Waals surface area (Å²) in [5.74, 6) is 1.51. The molecule has 2 unspecified atom stereocenters. The Morgan fingerprint density at radius 2 is 2.38 bits per heavy atom. The van der Waals surface area contributed by atoms with E-state index in [-0.39, 0.29) is 11.9 Å². The zero-order chi connectivity index (χ0) is 12.0. The molecule has 2 atom stereocenters. The molecule has 1 fully saturated rings. The maximum Gasteiger partial charge on any atom is 0.328 e. The van der Waals surface area contributed by atoms with E-state index in [0.29, 0.717) is 6.42 Å². The van der Waals surface area contributed by atoms with Gasteiger partial charge in [-0.1, -0.05) is 0 Å². The van der Waals surface area contributed by atoms with Crippen LogP contribution in [0.4, 0.5) is 0 Å². The third-order valence-electron chi connectivity index (χ3n) is 2.36. The molecule has 92 valence electrons. The first-order valence-corrected chi connectivity index (χ1v) is 6.47. The standard InChI is InChI=1S/C10H18N2O3S/c1-7(10(14)15-2)12-9(13)5-8-6-16-4-3-11-8/h7-8,11H,3-6H2,1-2H3,(H,12,13). The first-order valence-electron chi connectivity index (χ1n) is 5.31. The number of carbonyl (C=O) groups excluding carboxylic acids is 2. The predicted molar refractivity (Wildman–Crippen MR) is 63.4 cm³/mol. The lowest BCUT2D eigenvalue weighted by molar-refractivity contribution is -0.144. The fraction of sp³-hybridized carbons (Fsp3) is 0.800. The first-order chi connectivity index (χ1) is 7.63. The third kappa shape index (κ3) is 4.40. The molecule has 16 heavy (non-hydrogen) atoms. The average molecular weight is 246 g/mol. The van der Waals surface area contributed by atoms with Gasteiger partial charge in [0.25, 0.3) is 0 Å². The van der Waals surface area contributed by atoms with Gasteiger partial charge in [0.1, 0.15) is 6.04 Å². The third-order valence-corrected chi connectivity index (χ3v) is 3.49. The van der Waals surface area contributed by atoms with Gasteiger partial charge in [-0.25, -0.2) is 4.79 Å². The van der Waals surface area contributed by atoms with Crippen molar-refractivity contribution in [2.75, 3.05) is 25.2 Å². The van der Waals surface area contributed by atoms with Gasteiger partial charge in [-0.05, 0) is 6.92 Å². The highest BCUT2D eigenvalue weighted by molar-refractivity contribution is 7.99. The highest BCUT2D eigenvalue weighted by Gasteiger charge is 2.20. The van der Waals surface area contributed by atoms with Gasteiger partial charge >= 0.3 is 5.97 Å². The summed E-state index contributed by atoms with van der Waals surface area (Å²) in [5.41, 5.74) is 0. The number of ether oxygens (including phenoxy) is 1. The molecule has 1 rings (SSSR count). The molecule has 0 bridgehead atoms. The van der Waals surface area contributed by atoms with Crippen LogP contribution in [0.15, 0.2) is 0 Å². The highest BCUT2D eigenvalue weighted by atomic mass is 32.2. The Balaban J connectivity index is 2.26. The Kier molecular flexibility index (Phi) is 5.62. The lowest BCUT2D eigenvalue weighted by Gasteiger charge is -2.23. The second kappa shape index (κ2) is 6.75. The van der Waals surface area contributed by atoms with Crippen LogP contribution >= 0.6 is 11.8 Å². The second-order valence-electron chi connectivity index (χ2n) is 3.74. The smallest absolute Gasteiger partial charge is 0.328 e. The van der Waals surface area contributed by atoms with Crippen LogP contribution in [0.2, 0.25) is 0 Å². The molecule has 1 amide bonds. The van der Waals surface area contributed by atoms with Crippen molar-refractivity contribution in [3.05, 3.63) is 0 Å². The van der Waals surface area contributed by atoms with Crippen molar-refractivity contribution in [1.29, 1.82) is 0 Å². The number of amides is 1. The molecule has 0 aromatic carbocycles. The summed E-state index contributed by atoms with van der Waals surface area (Å²) in [6, 6.07) is -0.364. The monoisotopic (exact) mass is 246 g/mol. The summed E-state index contributed by atoms with van der Waals surface area (Å²) >= 11 is 1.84. The molecule has 1 aliphatic heterocycles. The Hall–Kier alpha value is -0.750. The van der Waals surface area contributed by atoms with Gasteiger partial charge in [-0.2, -0.15) is 11.8 Å². The van der Waals surface area contributed by atoms with E-state index in [0.717, 1.165) is 18.1 Å². The number of carbonyl (C=O) groups is 2. The van der Waals surface area contributed by atoms with E-state index in [1.807, 2.05) is 11.8 Å². The largest absolute Gasteiger partial charge is 0.467 e. The lowest BCUT2D eigenvalue weighted by Crippen LogP contribution is -2.45. The fourth-order valence-electron chi connectivity index (χ4n) is 1.51.